The third-order valence-electron chi connectivity index (χ3n) is 4.32. The summed E-state index contributed by atoms with van der Waals surface area (Å²) in [4.78, 5) is 20.3. The molecule has 0 saturated heterocycles. The number of fused-ring (bicyclic) bond motifs is 2. The van der Waals surface area contributed by atoms with Crippen LogP contribution in [-0.2, 0) is 6.42 Å². The fourth-order valence-corrected chi connectivity index (χ4v) is 3.19. The van der Waals surface area contributed by atoms with Crippen LogP contribution in [0.1, 0.15) is 37.0 Å². The van der Waals surface area contributed by atoms with Crippen LogP contribution < -0.4 is 5.32 Å². The molecule has 0 bridgehead atoms. The number of nitrogens with zero attached hydrogens (tertiary/aromatic N) is 2. The Morgan fingerprint density at radius 3 is 2.78 bits per heavy atom. The normalized spacial score (nSPS) is 12.0. The minimum Gasteiger partial charge on any atom is -0.508 e. The van der Waals surface area contributed by atoms with Gasteiger partial charge in [-0.15, -0.1) is 0 Å². The molecule has 6 heteroatoms. The Hall–Kier alpha value is -3.28. The Balaban J connectivity index is 1.57. The lowest BCUT2D eigenvalue weighted by atomic mass is 9.91. The maximum atomic E-state index is 12.6. The number of carbonyl (C=O) groups is 1. The Labute approximate surface area is 156 Å². The van der Waals surface area contributed by atoms with Gasteiger partial charge >= 0.3 is 0 Å². The molecule has 27 heavy (non-hydrogen) atoms. The molecule has 0 aliphatic heterocycles. The van der Waals surface area contributed by atoms with E-state index in [4.69, 9.17) is 0 Å². The summed E-state index contributed by atoms with van der Waals surface area (Å²) in [7, 11) is 0. The van der Waals surface area contributed by atoms with Crippen LogP contribution in [0.25, 0.3) is 16.6 Å². The minimum atomic E-state index is -0.236. The van der Waals surface area contributed by atoms with Crippen molar-refractivity contribution in [2.45, 2.75) is 27.2 Å². The molecule has 1 amide bonds. The lowest BCUT2D eigenvalue weighted by Gasteiger charge is -2.15. The number of nitrogens with one attached hydrogen (secondary N) is 2. The van der Waals surface area contributed by atoms with Gasteiger partial charge in [0.25, 0.3) is 5.91 Å². The first-order chi connectivity index (χ1) is 12.8. The third-order valence-corrected chi connectivity index (χ3v) is 4.32. The van der Waals surface area contributed by atoms with Crippen LogP contribution >= 0.6 is 0 Å². The number of pyridine rings is 1. The average molecular weight is 362 g/mol. The number of phenolic OH excluding ortho intramolecular Hbond substituents is 1. The van der Waals surface area contributed by atoms with Crippen molar-refractivity contribution in [3.8, 4) is 5.75 Å². The molecule has 1 aromatic carbocycles. The molecule has 3 aromatic heterocycles. The van der Waals surface area contributed by atoms with Crippen molar-refractivity contribution in [1.29, 1.82) is 0 Å². The van der Waals surface area contributed by atoms with E-state index in [-0.39, 0.29) is 17.1 Å². The molecule has 0 aliphatic carbocycles. The van der Waals surface area contributed by atoms with E-state index in [1.807, 2.05) is 28.9 Å². The van der Waals surface area contributed by atoms with Crippen LogP contribution in [0.4, 0.5) is 5.69 Å². The topological polar surface area (TPSA) is 82.4 Å². The molecule has 138 valence electrons. The molecule has 0 aliphatic rings. The minimum absolute atomic E-state index is 0.166. The molecule has 6 nitrogen and oxygen atoms in total. The predicted octanol–water partition coefficient (Wildman–Crippen LogP) is 4.36. The number of aromatic nitrogens is 3. The van der Waals surface area contributed by atoms with E-state index < -0.39 is 0 Å². The highest BCUT2D eigenvalue weighted by molar-refractivity contribution is 6.06. The molecule has 0 fully saturated rings. The zero-order valence-electron chi connectivity index (χ0n) is 15.6. The van der Waals surface area contributed by atoms with Crippen LogP contribution in [0, 0.1) is 5.41 Å². The van der Waals surface area contributed by atoms with Crippen molar-refractivity contribution in [1.82, 2.24) is 14.4 Å². The number of imidazole rings is 1. The first-order valence-electron chi connectivity index (χ1n) is 8.88. The number of hydrogen-bond acceptors (Lipinski definition) is 3. The lowest BCUT2D eigenvalue weighted by molar-refractivity contribution is 0.102. The van der Waals surface area contributed by atoms with Crippen LogP contribution in [0.5, 0.6) is 5.75 Å². The van der Waals surface area contributed by atoms with Gasteiger partial charge in [-0.05, 0) is 48.2 Å². The number of rotatable bonds is 3. The zero-order valence-corrected chi connectivity index (χ0v) is 15.6. The molecule has 0 spiro atoms. The summed E-state index contributed by atoms with van der Waals surface area (Å²) >= 11 is 0. The van der Waals surface area contributed by atoms with Crippen molar-refractivity contribution in [2.75, 3.05) is 5.32 Å². The number of aromatic amines is 1. The fraction of sp³-hybridized carbons (Fsp3) is 0.238. The SMILES string of the molecule is CC(C)(C)Cc1cn2cc(NC(=O)c3cc4cc(O)ccc4[nH]3)ccc2n1. The molecule has 0 radical (unpaired) electrons. The molecule has 4 rings (SSSR count). The van der Waals surface area contributed by atoms with Crippen LogP contribution in [0.3, 0.4) is 0 Å². The number of H-pyrrole nitrogens is 1. The van der Waals surface area contributed by atoms with E-state index in [2.05, 4.69) is 36.1 Å². The van der Waals surface area contributed by atoms with Gasteiger partial charge in [0, 0.05) is 23.3 Å². The number of aromatic hydroxyl groups is 1. The number of benzene rings is 1. The van der Waals surface area contributed by atoms with Gasteiger partial charge in [-0.1, -0.05) is 20.8 Å². The van der Waals surface area contributed by atoms with Crippen LogP contribution in [-0.4, -0.2) is 25.4 Å². The van der Waals surface area contributed by atoms with Crippen molar-refractivity contribution in [3.63, 3.8) is 0 Å². The molecule has 3 heterocycles. The summed E-state index contributed by atoms with van der Waals surface area (Å²) in [5.41, 5.74) is 3.98. The molecule has 0 saturated carbocycles. The summed E-state index contributed by atoms with van der Waals surface area (Å²) in [5.74, 6) is -0.0647. The number of phenols is 1. The van der Waals surface area contributed by atoms with Gasteiger partial charge in [0.05, 0.1) is 11.4 Å². The van der Waals surface area contributed by atoms with Crippen molar-refractivity contribution in [3.05, 3.63) is 60.2 Å². The van der Waals surface area contributed by atoms with E-state index in [0.29, 0.717) is 11.4 Å². The van der Waals surface area contributed by atoms with Crippen LogP contribution in [0.15, 0.2) is 48.8 Å². The summed E-state index contributed by atoms with van der Waals surface area (Å²) in [6, 6.07) is 10.4. The highest BCUT2D eigenvalue weighted by Gasteiger charge is 2.15. The van der Waals surface area contributed by atoms with E-state index in [1.54, 1.807) is 24.3 Å². The van der Waals surface area contributed by atoms with E-state index >= 15 is 0 Å². The summed E-state index contributed by atoms with van der Waals surface area (Å²) < 4.78 is 1.93. The largest absolute Gasteiger partial charge is 0.508 e. The Kier molecular flexibility index (Phi) is 3.91. The predicted molar refractivity (Wildman–Crippen MR) is 106 cm³/mol. The van der Waals surface area contributed by atoms with Gasteiger partial charge in [-0.2, -0.15) is 0 Å². The first kappa shape index (κ1) is 17.1. The Morgan fingerprint density at radius 1 is 1.19 bits per heavy atom. The summed E-state index contributed by atoms with van der Waals surface area (Å²) in [6.45, 7) is 6.55. The second kappa shape index (κ2) is 6.16. The van der Waals surface area contributed by atoms with Crippen molar-refractivity contribution < 1.29 is 9.90 Å². The summed E-state index contributed by atoms with van der Waals surface area (Å²) in [6.07, 6.45) is 4.75. The number of hydrogen-bond donors (Lipinski definition) is 3. The third kappa shape index (κ3) is 3.65. The van der Waals surface area contributed by atoms with E-state index in [9.17, 15) is 9.90 Å². The number of carbonyl (C=O) groups excluding carboxylic acids is 1. The fourth-order valence-electron chi connectivity index (χ4n) is 3.19. The van der Waals surface area contributed by atoms with Crippen molar-refractivity contribution in [2.24, 2.45) is 5.41 Å². The highest BCUT2D eigenvalue weighted by Crippen LogP contribution is 2.23. The second-order valence-corrected chi connectivity index (χ2v) is 8.06. The van der Waals surface area contributed by atoms with Gasteiger partial charge in [-0.3, -0.25) is 4.79 Å². The second-order valence-electron chi connectivity index (χ2n) is 8.06. The van der Waals surface area contributed by atoms with Gasteiger partial charge in [0.1, 0.15) is 17.1 Å². The quantitative estimate of drug-likeness (QED) is 0.506. The molecule has 3 N–H and O–H groups in total. The van der Waals surface area contributed by atoms with Gasteiger partial charge in [0.15, 0.2) is 0 Å². The Morgan fingerprint density at radius 2 is 2.00 bits per heavy atom. The number of anilines is 1. The Bertz CT molecular complexity index is 1150. The van der Waals surface area contributed by atoms with E-state index in [1.165, 1.54) is 0 Å². The molecule has 0 unspecified atom stereocenters. The standard InChI is InChI=1S/C21H22N4O2/c1-21(2,3)10-15-12-25-11-14(4-7-19(25)22-15)23-20(27)18-9-13-8-16(26)5-6-17(13)24-18/h4-9,11-12,24,26H,10H2,1-3H3,(H,23,27). The molecule has 0 atom stereocenters. The number of amides is 1. The molecular formula is C21H22N4O2. The first-order valence-corrected chi connectivity index (χ1v) is 8.88. The van der Waals surface area contributed by atoms with Crippen molar-refractivity contribution >= 4 is 28.1 Å². The highest BCUT2D eigenvalue weighted by atomic mass is 16.3. The van der Waals surface area contributed by atoms with Gasteiger partial charge < -0.3 is 19.8 Å². The summed E-state index contributed by atoms with van der Waals surface area (Å²) in [5, 5.41) is 13.3. The van der Waals surface area contributed by atoms with Crippen LogP contribution in [0.2, 0.25) is 0 Å². The molecule has 4 aromatic rings. The lowest BCUT2D eigenvalue weighted by Crippen LogP contribution is -2.12. The smallest absolute Gasteiger partial charge is 0.272 e. The monoisotopic (exact) mass is 362 g/mol. The van der Waals surface area contributed by atoms with E-state index in [0.717, 1.165) is 28.7 Å². The van der Waals surface area contributed by atoms with Gasteiger partial charge in [0.2, 0.25) is 0 Å². The van der Waals surface area contributed by atoms with Gasteiger partial charge in [-0.25, -0.2) is 4.98 Å². The average Bonchev–Trinajstić information content (AvgIpc) is 3.15. The zero-order chi connectivity index (χ0) is 19.2. The maximum Gasteiger partial charge on any atom is 0.272 e. The maximum absolute atomic E-state index is 12.6. The molecular weight excluding hydrogens is 340 g/mol.